The van der Waals surface area contributed by atoms with Gasteiger partial charge in [0.1, 0.15) is 12.3 Å². The van der Waals surface area contributed by atoms with E-state index in [4.69, 9.17) is 10.5 Å². The Morgan fingerprint density at radius 3 is 2.31 bits per heavy atom. The first kappa shape index (κ1) is 26.4. The number of benzene rings is 3. The molecule has 0 aliphatic heterocycles. The molecule has 0 unspecified atom stereocenters. The second kappa shape index (κ2) is 11.5. The molecule has 3 rings (SSSR count). The summed E-state index contributed by atoms with van der Waals surface area (Å²) in [7, 11) is -4.02. The number of carbonyl (C=O) groups is 2. The van der Waals surface area contributed by atoms with Gasteiger partial charge in [-0.15, -0.1) is 0 Å². The van der Waals surface area contributed by atoms with Gasteiger partial charge in [0.15, 0.2) is 6.61 Å². The Morgan fingerprint density at radius 1 is 1.00 bits per heavy atom. The lowest BCUT2D eigenvalue weighted by Gasteiger charge is -2.26. The van der Waals surface area contributed by atoms with Crippen LogP contribution < -0.4 is 20.2 Å². The van der Waals surface area contributed by atoms with E-state index < -0.39 is 28.4 Å². The van der Waals surface area contributed by atoms with Crippen LogP contribution in [0.5, 0.6) is 5.75 Å². The monoisotopic (exact) mass is 508 g/mol. The number of rotatable bonds is 10. The molecule has 0 fully saturated rings. The highest BCUT2D eigenvalue weighted by Crippen LogP contribution is 2.28. The number of ether oxygens (including phenoxy) is 1. The van der Waals surface area contributed by atoms with Gasteiger partial charge in [0.25, 0.3) is 21.8 Å². The number of aryl methyl sites for hydroxylation is 2. The van der Waals surface area contributed by atoms with Crippen LogP contribution in [0, 0.1) is 20.8 Å². The van der Waals surface area contributed by atoms with Crippen molar-refractivity contribution in [3.05, 3.63) is 89.0 Å². The van der Waals surface area contributed by atoms with E-state index >= 15 is 0 Å². The largest absolute Gasteiger partial charge is 0.484 e. The first-order chi connectivity index (χ1) is 17.1. The van der Waals surface area contributed by atoms with E-state index in [1.165, 1.54) is 18.3 Å². The van der Waals surface area contributed by atoms with Crippen molar-refractivity contribution in [3.63, 3.8) is 0 Å². The average molecular weight is 509 g/mol. The Labute approximate surface area is 210 Å². The van der Waals surface area contributed by atoms with Crippen molar-refractivity contribution >= 4 is 33.7 Å². The number of hydrazone groups is 1. The van der Waals surface area contributed by atoms with Crippen molar-refractivity contribution in [3.8, 4) is 5.75 Å². The van der Waals surface area contributed by atoms with Crippen LogP contribution in [0.3, 0.4) is 0 Å². The fourth-order valence-electron chi connectivity index (χ4n) is 3.29. The zero-order valence-electron chi connectivity index (χ0n) is 20.3. The molecule has 0 bridgehead atoms. The van der Waals surface area contributed by atoms with E-state index in [-0.39, 0.29) is 11.5 Å². The molecule has 36 heavy (non-hydrogen) atoms. The molecule has 3 aromatic carbocycles. The van der Waals surface area contributed by atoms with Crippen molar-refractivity contribution in [2.75, 3.05) is 17.5 Å². The van der Waals surface area contributed by atoms with Crippen molar-refractivity contribution in [2.24, 2.45) is 10.8 Å². The molecular formula is C26H28N4O5S. The predicted molar refractivity (Wildman–Crippen MR) is 138 cm³/mol. The Balaban J connectivity index is 1.78. The van der Waals surface area contributed by atoms with E-state index in [1.54, 1.807) is 48.5 Å². The second-order valence-electron chi connectivity index (χ2n) is 8.16. The molecule has 0 heterocycles. The smallest absolute Gasteiger partial charge is 0.264 e. The normalized spacial score (nSPS) is 11.3. The molecule has 0 saturated heterocycles. The molecule has 0 atom stereocenters. The second-order valence-corrected chi connectivity index (χ2v) is 10.0. The zero-order valence-corrected chi connectivity index (χ0v) is 21.1. The van der Waals surface area contributed by atoms with Crippen molar-refractivity contribution < 1.29 is 22.7 Å². The van der Waals surface area contributed by atoms with Gasteiger partial charge >= 0.3 is 0 Å². The lowest BCUT2D eigenvalue weighted by atomic mass is 10.1. The quantitative estimate of drug-likeness (QED) is 0.321. The zero-order chi connectivity index (χ0) is 26.3. The maximum absolute atomic E-state index is 13.5. The van der Waals surface area contributed by atoms with Crippen LogP contribution in [0.4, 0.5) is 5.69 Å². The summed E-state index contributed by atoms with van der Waals surface area (Å²) in [6.45, 7) is 4.87. The molecule has 9 nitrogen and oxygen atoms in total. The molecule has 3 N–H and O–H groups in total. The number of sulfonamides is 1. The fraction of sp³-hybridized carbons (Fsp3) is 0.192. The van der Waals surface area contributed by atoms with Crippen LogP contribution in [-0.2, 0) is 19.6 Å². The molecular weight excluding hydrogens is 480 g/mol. The molecule has 0 radical (unpaired) electrons. The number of amides is 2. The van der Waals surface area contributed by atoms with Crippen LogP contribution in [0.25, 0.3) is 0 Å². The molecule has 188 valence electrons. The number of primary amides is 1. The van der Waals surface area contributed by atoms with Gasteiger partial charge in [-0.05, 0) is 79.9 Å². The van der Waals surface area contributed by atoms with Gasteiger partial charge < -0.3 is 10.5 Å². The lowest BCUT2D eigenvalue weighted by Crippen LogP contribution is -2.40. The maximum Gasteiger partial charge on any atom is 0.264 e. The van der Waals surface area contributed by atoms with E-state index in [1.807, 2.05) is 26.8 Å². The highest BCUT2D eigenvalue weighted by Gasteiger charge is 2.28. The molecule has 10 heteroatoms. The van der Waals surface area contributed by atoms with Crippen molar-refractivity contribution in [1.29, 1.82) is 0 Å². The topological polar surface area (TPSA) is 131 Å². The standard InChI is InChI=1S/C26H28N4O5S/c1-18-7-13-23(14-8-18)36(33,34)30(24-6-4-5-19(2)20(24)3)16-26(32)29-28-15-21-9-11-22(12-10-21)35-17-25(27)31/h4-15H,16-17H2,1-3H3,(H2,27,31)(H,29,32)/b28-15-. The summed E-state index contributed by atoms with van der Waals surface area (Å²) in [5.41, 5.74) is 11.1. The summed E-state index contributed by atoms with van der Waals surface area (Å²) in [4.78, 5) is 23.6. The van der Waals surface area contributed by atoms with Crippen molar-refractivity contribution in [1.82, 2.24) is 5.43 Å². The Hall–Kier alpha value is -4.18. The summed E-state index contributed by atoms with van der Waals surface area (Å²) in [5, 5.41) is 3.94. The number of anilines is 1. The third-order valence-corrected chi connectivity index (χ3v) is 7.18. The number of carbonyl (C=O) groups excluding carboxylic acids is 2. The van der Waals surface area contributed by atoms with Crippen LogP contribution in [-0.4, -0.2) is 39.6 Å². The van der Waals surface area contributed by atoms with Crippen LogP contribution in [0.2, 0.25) is 0 Å². The summed E-state index contributed by atoms with van der Waals surface area (Å²) >= 11 is 0. The summed E-state index contributed by atoms with van der Waals surface area (Å²) in [5.74, 6) is -0.729. The minimum absolute atomic E-state index is 0.0870. The average Bonchev–Trinajstić information content (AvgIpc) is 2.84. The number of nitrogens with one attached hydrogen (secondary N) is 1. The Bertz CT molecular complexity index is 1370. The van der Waals surface area contributed by atoms with Gasteiger partial charge in [0.2, 0.25) is 0 Å². The van der Waals surface area contributed by atoms with Crippen LogP contribution >= 0.6 is 0 Å². The van der Waals surface area contributed by atoms with Gasteiger partial charge in [0.05, 0.1) is 16.8 Å². The summed E-state index contributed by atoms with van der Waals surface area (Å²) in [6, 6.07) is 18.4. The molecule has 0 aliphatic carbocycles. The fourth-order valence-corrected chi connectivity index (χ4v) is 4.77. The number of nitrogens with zero attached hydrogens (tertiary/aromatic N) is 2. The van der Waals surface area contributed by atoms with Crippen molar-refractivity contribution in [2.45, 2.75) is 25.7 Å². The first-order valence-electron chi connectivity index (χ1n) is 11.1. The predicted octanol–water partition coefficient (Wildman–Crippen LogP) is 2.82. The first-order valence-corrected chi connectivity index (χ1v) is 12.5. The Kier molecular flexibility index (Phi) is 8.44. The molecule has 0 aromatic heterocycles. The van der Waals surface area contributed by atoms with Gasteiger partial charge in [-0.25, -0.2) is 13.8 Å². The number of hydrogen-bond acceptors (Lipinski definition) is 6. The molecule has 0 aliphatic rings. The third kappa shape index (κ3) is 6.70. The highest BCUT2D eigenvalue weighted by atomic mass is 32.2. The third-order valence-electron chi connectivity index (χ3n) is 5.40. The molecule has 3 aromatic rings. The van der Waals surface area contributed by atoms with Crippen LogP contribution in [0.1, 0.15) is 22.3 Å². The van der Waals surface area contributed by atoms with E-state index in [9.17, 15) is 18.0 Å². The van der Waals surface area contributed by atoms with Gasteiger partial charge in [-0.3, -0.25) is 13.9 Å². The highest BCUT2D eigenvalue weighted by molar-refractivity contribution is 7.92. The molecule has 2 amide bonds. The minimum Gasteiger partial charge on any atom is -0.484 e. The van der Waals surface area contributed by atoms with E-state index in [2.05, 4.69) is 10.5 Å². The number of nitrogens with two attached hydrogens (primary N) is 1. The van der Waals surface area contributed by atoms with Crippen LogP contribution in [0.15, 0.2) is 76.7 Å². The van der Waals surface area contributed by atoms with E-state index in [0.717, 1.165) is 21.0 Å². The maximum atomic E-state index is 13.5. The minimum atomic E-state index is -4.02. The molecule has 0 spiro atoms. The summed E-state index contributed by atoms with van der Waals surface area (Å²) in [6.07, 6.45) is 1.41. The van der Waals surface area contributed by atoms with Gasteiger partial charge in [0, 0.05) is 0 Å². The van der Waals surface area contributed by atoms with Gasteiger partial charge in [-0.1, -0.05) is 29.8 Å². The molecule has 0 saturated carbocycles. The Morgan fingerprint density at radius 2 is 1.67 bits per heavy atom. The lowest BCUT2D eigenvalue weighted by molar-refractivity contribution is -0.120. The summed E-state index contributed by atoms with van der Waals surface area (Å²) < 4.78 is 33.4. The SMILES string of the molecule is Cc1ccc(S(=O)(=O)N(CC(=O)N/N=C\c2ccc(OCC(N)=O)cc2)c2cccc(C)c2C)cc1. The number of hydrogen-bond donors (Lipinski definition) is 2. The van der Waals surface area contributed by atoms with Gasteiger partial charge in [-0.2, -0.15) is 5.10 Å². The van der Waals surface area contributed by atoms with E-state index in [0.29, 0.717) is 17.0 Å².